The van der Waals surface area contributed by atoms with Crippen molar-refractivity contribution in [2.75, 3.05) is 7.11 Å². The number of halogens is 2. The highest BCUT2D eigenvalue weighted by Crippen LogP contribution is 2.39. The van der Waals surface area contributed by atoms with Crippen LogP contribution in [0.15, 0.2) is 46.4 Å². The van der Waals surface area contributed by atoms with Gasteiger partial charge in [-0.25, -0.2) is 13.8 Å². The molecule has 0 N–H and O–H groups in total. The number of thiophene rings is 1. The quantitative estimate of drug-likeness (QED) is 0.326. The molecule has 4 aromatic heterocycles. The lowest BCUT2D eigenvalue weighted by molar-refractivity contribution is 0.387. The van der Waals surface area contributed by atoms with Crippen LogP contribution in [-0.2, 0) is 13.1 Å². The first-order chi connectivity index (χ1) is 17.4. The minimum Gasteiger partial charge on any atom is -0.494 e. The first-order valence-electron chi connectivity index (χ1n) is 10.9. The van der Waals surface area contributed by atoms with Gasteiger partial charge in [-0.2, -0.15) is 10.4 Å². The molecule has 4 heterocycles. The number of aromatic nitrogens is 5. The number of fused-ring (bicyclic) bond motifs is 2. The van der Waals surface area contributed by atoms with Gasteiger partial charge in [-0.15, -0.1) is 11.3 Å². The molecule has 0 saturated carbocycles. The summed E-state index contributed by atoms with van der Waals surface area (Å²) in [5.41, 5.74) is 0.567. The predicted octanol–water partition coefficient (Wildman–Crippen LogP) is 4.36. The van der Waals surface area contributed by atoms with Crippen LogP contribution in [0.1, 0.15) is 13.3 Å². The number of hydrogen-bond acceptors (Lipinski definition) is 7. The maximum absolute atomic E-state index is 14.1. The summed E-state index contributed by atoms with van der Waals surface area (Å²) in [6.45, 7) is 2.49. The fourth-order valence-corrected chi connectivity index (χ4v) is 5.60. The summed E-state index contributed by atoms with van der Waals surface area (Å²) in [7, 11) is 1.34. The first kappa shape index (κ1) is 23.7. The zero-order valence-electron chi connectivity index (χ0n) is 19.2. The van der Waals surface area contributed by atoms with Gasteiger partial charge < -0.3 is 4.74 Å². The molecule has 36 heavy (non-hydrogen) atoms. The first-order valence-corrected chi connectivity index (χ1v) is 12.1. The lowest BCUT2D eigenvalue weighted by Gasteiger charge is -2.12. The van der Waals surface area contributed by atoms with Gasteiger partial charge in [-0.3, -0.25) is 19.0 Å². The summed E-state index contributed by atoms with van der Waals surface area (Å²) in [5, 5.41) is 14.3. The van der Waals surface area contributed by atoms with Crippen molar-refractivity contribution in [3.63, 3.8) is 0 Å². The molecule has 5 rings (SSSR count). The molecule has 0 aliphatic carbocycles. The molecule has 182 valence electrons. The van der Waals surface area contributed by atoms with E-state index in [9.17, 15) is 19.2 Å². The van der Waals surface area contributed by atoms with E-state index in [1.165, 1.54) is 23.9 Å². The third kappa shape index (κ3) is 3.66. The van der Waals surface area contributed by atoms with Gasteiger partial charge in [0.05, 0.1) is 53.7 Å². The van der Waals surface area contributed by atoms with Gasteiger partial charge in [0, 0.05) is 35.1 Å². The monoisotopic (exact) mass is 524 g/mol. The smallest absolute Gasteiger partial charge is 0.336 e. The second kappa shape index (κ2) is 9.22. The predicted molar refractivity (Wildman–Crippen MR) is 136 cm³/mol. The topological polar surface area (TPSA) is 108 Å². The Morgan fingerprint density at radius 1 is 1.22 bits per heavy atom. The van der Waals surface area contributed by atoms with Crippen LogP contribution in [0.25, 0.3) is 37.2 Å². The number of nitriles is 1. The Kier molecular flexibility index (Phi) is 6.07. The third-order valence-corrected chi connectivity index (χ3v) is 7.30. The van der Waals surface area contributed by atoms with Crippen molar-refractivity contribution < 1.29 is 9.13 Å². The molecule has 0 saturated heterocycles. The van der Waals surface area contributed by atoms with Crippen molar-refractivity contribution in [3.05, 3.63) is 68.5 Å². The Balaban J connectivity index is 1.85. The summed E-state index contributed by atoms with van der Waals surface area (Å²) < 4.78 is 23.6. The molecule has 0 radical (unpaired) electrons. The molecule has 0 atom stereocenters. The number of methoxy groups -OCH3 is 1. The Morgan fingerprint density at radius 2 is 2.03 bits per heavy atom. The second-order valence-corrected chi connectivity index (χ2v) is 9.29. The van der Waals surface area contributed by atoms with Crippen molar-refractivity contribution in [1.29, 1.82) is 5.26 Å². The third-order valence-electron chi connectivity index (χ3n) is 5.84. The average molecular weight is 525 g/mol. The minimum absolute atomic E-state index is 0.00304. The van der Waals surface area contributed by atoms with Crippen molar-refractivity contribution in [1.82, 2.24) is 23.9 Å². The highest BCUT2D eigenvalue weighted by atomic mass is 35.5. The Bertz CT molecular complexity index is 1810. The van der Waals surface area contributed by atoms with E-state index in [1.807, 2.05) is 13.0 Å². The van der Waals surface area contributed by atoms with Gasteiger partial charge in [0.25, 0.3) is 5.56 Å². The lowest BCUT2D eigenvalue weighted by Crippen LogP contribution is -2.38. The summed E-state index contributed by atoms with van der Waals surface area (Å²) in [6.07, 6.45) is 4.75. The fraction of sp³-hybridized carbons (Fsp3) is 0.208. The normalized spacial score (nSPS) is 11.3. The van der Waals surface area contributed by atoms with E-state index in [-0.39, 0.29) is 28.4 Å². The Morgan fingerprint density at radius 3 is 2.75 bits per heavy atom. The largest absolute Gasteiger partial charge is 0.494 e. The van der Waals surface area contributed by atoms with Crippen molar-refractivity contribution in [2.24, 2.45) is 0 Å². The van der Waals surface area contributed by atoms with E-state index in [0.29, 0.717) is 39.1 Å². The molecule has 0 aliphatic heterocycles. The summed E-state index contributed by atoms with van der Waals surface area (Å²) in [4.78, 5) is 32.2. The van der Waals surface area contributed by atoms with Crippen LogP contribution in [0.5, 0.6) is 5.75 Å². The number of hydrogen-bond donors (Lipinski definition) is 0. The standard InChI is InChI=1S/C24H18ClFN6O3S/c1-3-31-21-13(11-29-31)10-28-12-18(21)32-23(33)22-17(30(24(32)34)6-4-5-27)9-20(36-22)14-7-19(35-2)16(26)8-15(14)25/h7-12H,3-4,6H2,1-2H3. The zero-order chi connectivity index (χ0) is 25.6. The van der Waals surface area contributed by atoms with Crippen LogP contribution in [0.2, 0.25) is 5.02 Å². The van der Waals surface area contributed by atoms with Crippen LogP contribution < -0.4 is 16.0 Å². The van der Waals surface area contributed by atoms with Gasteiger partial charge in [0.2, 0.25) is 0 Å². The fourth-order valence-electron chi connectivity index (χ4n) is 4.17. The highest BCUT2D eigenvalue weighted by molar-refractivity contribution is 7.22. The van der Waals surface area contributed by atoms with Gasteiger partial charge in [0.1, 0.15) is 4.70 Å². The van der Waals surface area contributed by atoms with Gasteiger partial charge >= 0.3 is 5.69 Å². The second-order valence-electron chi connectivity index (χ2n) is 7.83. The SMILES string of the molecule is CCn1ncc2cncc(-n3c(=O)c4sc(-c5cc(OC)c(F)cc5Cl)cc4n(CCC#N)c3=O)c21. The van der Waals surface area contributed by atoms with E-state index < -0.39 is 17.1 Å². The summed E-state index contributed by atoms with van der Waals surface area (Å²) in [5.74, 6) is -0.620. The number of benzene rings is 1. The van der Waals surface area contributed by atoms with Crippen LogP contribution in [-0.4, -0.2) is 31.0 Å². The lowest BCUT2D eigenvalue weighted by atomic mass is 10.1. The molecule has 9 nitrogen and oxygen atoms in total. The van der Waals surface area contributed by atoms with Crippen LogP contribution in [0.4, 0.5) is 4.39 Å². The molecule has 12 heteroatoms. The highest BCUT2D eigenvalue weighted by Gasteiger charge is 2.22. The molecule has 0 spiro atoms. The van der Waals surface area contributed by atoms with Crippen LogP contribution in [0.3, 0.4) is 0 Å². The summed E-state index contributed by atoms with van der Waals surface area (Å²) >= 11 is 7.44. The number of ether oxygens (including phenoxy) is 1. The maximum Gasteiger partial charge on any atom is 0.336 e. The van der Waals surface area contributed by atoms with E-state index in [4.69, 9.17) is 16.3 Å². The van der Waals surface area contributed by atoms with Crippen molar-refractivity contribution in [3.8, 4) is 27.9 Å². The maximum atomic E-state index is 14.1. The zero-order valence-corrected chi connectivity index (χ0v) is 20.7. The molecule has 0 fully saturated rings. The Hall–Kier alpha value is -4.01. The molecule has 0 aliphatic rings. The number of pyridine rings is 1. The number of aryl methyl sites for hydroxylation is 2. The van der Waals surface area contributed by atoms with Crippen molar-refractivity contribution >= 4 is 44.1 Å². The van der Waals surface area contributed by atoms with Gasteiger partial charge in [-0.05, 0) is 25.1 Å². The average Bonchev–Trinajstić information content (AvgIpc) is 3.49. The van der Waals surface area contributed by atoms with E-state index >= 15 is 0 Å². The van der Waals surface area contributed by atoms with E-state index in [0.717, 1.165) is 22.0 Å². The molecule has 0 bridgehead atoms. The minimum atomic E-state index is -0.617. The Labute approximate surface area is 212 Å². The molecule has 5 aromatic rings. The van der Waals surface area contributed by atoms with Crippen molar-refractivity contribution in [2.45, 2.75) is 26.4 Å². The van der Waals surface area contributed by atoms with Crippen LogP contribution >= 0.6 is 22.9 Å². The molecular weight excluding hydrogens is 507 g/mol. The van der Waals surface area contributed by atoms with E-state index in [1.54, 1.807) is 23.1 Å². The summed E-state index contributed by atoms with van der Waals surface area (Å²) in [6, 6.07) is 6.28. The van der Waals surface area contributed by atoms with Gasteiger partial charge in [-0.1, -0.05) is 11.6 Å². The number of nitrogens with zero attached hydrogens (tertiary/aromatic N) is 6. The van der Waals surface area contributed by atoms with E-state index in [2.05, 4.69) is 10.1 Å². The molecule has 0 amide bonds. The molecule has 1 aromatic carbocycles. The molecule has 0 unspecified atom stereocenters. The van der Waals surface area contributed by atoms with Gasteiger partial charge in [0.15, 0.2) is 11.6 Å². The molecular formula is C24H18ClFN6O3S. The van der Waals surface area contributed by atoms with Crippen LogP contribution in [0, 0.1) is 17.1 Å². The number of rotatable bonds is 6.